The normalized spacial score (nSPS) is 11.0. The Kier molecular flexibility index (Phi) is 5.73. The van der Waals surface area contributed by atoms with Crippen molar-refractivity contribution in [2.24, 2.45) is 4.99 Å². The van der Waals surface area contributed by atoms with Gasteiger partial charge in [0.15, 0.2) is 28.7 Å². The zero-order chi connectivity index (χ0) is 16.8. The van der Waals surface area contributed by atoms with Crippen LogP contribution >= 0.6 is 23.4 Å². The number of pyridine rings is 1. The van der Waals surface area contributed by atoms with Gasteiger partial charge in [0, 0.05) is 24.4 Å². The molecule has 2 rings (SSSR count). The Morgan fingerprint density at radius 3 is 2.83 bits per heavy atom. The SMILES string of the molecule is CSC(=Nc1cc(F)c(Oc2ccnc(Cl)c2)cc1F)NC#N. The number of hydrogen-bond acceptors (Lipinski definition) is 5. The summed E-state index contributed by atoms with van der Waals surface area (Å²) in [6, 6.07) is 4.57. The monoisotopic (exact) mass is 354 g/mol. The van der Waals surface area contributed by atoms with Crippen molar-refractivity contribution in [2.45, 2.75) is 0 Å². The van der Waals surface area contributed by atoms with E-state index in [0.29, 0.717) is 0 Å². The van der Waals surface area contributed by atoms with E-state index in [9.17, 15) is 8.78 Å². The summed E-state index contributed by atoms with van der Waals surface area (Å²) < 4.78 is 33.3. The van der Waals surface area contributed by atoms with Crippen LogP contribution in [0.25, 0.3) is 0 Å². The molecular formula is C14H9ClF2N4OS. The second-order valence-corrected chi connectivity index (χ2v) is 5.19. The molecule has 1 aromatic heterocycles. The molecule has 118 valence electrons. The zero-order valence-corrected chi connectivity index (χ0v) is 13.3. The van der Waals surface area contributed by atoms with Gasteiger partial charge in [0.25, 0.3) is 0 Å². The lowest BCUT2D eigenvalue weighted by Crippen LogP contribution is -2.12. The van der Waals surface area contributed by atoms with Crippen molar-refractivity contribution in [3.8, 4) is 17.7 Å². The summed E-state index contributed by atoms with van der Waals surface area (Å²) in [7, 11) is 0. The highest BCUT2D eigenvalue weighted by atomic mass is 35.5. The maximum Gasteiger partial charge on any atom is 0.183 e. The van der Waals surface area contributed by atoms with Crippen LogP contribution in [0.1, 0.15) is 0 Å². The first-order valence-electron chi connectivity index (χ1n) is 6.09. The van der Waals surface area contributed by atoms with E-state index in [4.69, 9.17) is 21.6 Å². The molecule has 5 nitrogen and oxygen atoms in total. The van der Waals surface area contributed by atoms with Gasteiger partial charge in [-0.3, -0.25) is 5.32 Å². The van der Waals surface area contributed by atoms with Crippen LogP contribution in [0, 0.1) is 23.1 Å². The minimum absolute atomic E-state index is 0.139. The van der Waals surface area contributed by atoms with Gasteiger partial charge in [-0.05, 0) is 12.3 Å². The average molecular weight is 355 g/mol. The number of nitriles is 1. The molecule has 0 bridgehead atoms. The Balaban J connectivity index is 2.32. The Labute approximate surface area is 140 Å². The quantitative estimate of drug-likeness (QED) is 0.294. The van der Waals surface area contributed by atoms with Crippen molar-refractivity contribution in [1.82, 2.24) is 10.3 Å². The van der Waals surface area contributed by atoms with E-state index >= 15 is 0 Å². The topological polar surface area (TPSA) is 70.3 Å². The fraction of sp³-hybridized carbons (Fsp3) is 0.0714. The number of nitrogens with zero attached hydrogens (tertiary/aromatic N) is 3. The Morgan fingerprint density at radius 1 is 1.39 bits per heavy atom. The lowest BCUT2D eigenvalue weighted by molar-refractivity contribution is 0.436. The van der Waals surface area contributed by atoms with Crippen LogP contribution in [-0.2, 0) is 0 Å². The second-order valence-electron chi connectivity index (χ2n) is 4.01. The molecule has 0 radical (unpaired) electrons. The van der Waals surface area contributed by atoms with Crippen LogP contribution in [0.4, 0.5) is 14.5 Å². The molecular weight excluding hydrogens is 346 g/mol. The lowest BCUT2D eigenvalue weighted by Gasteiger charge is -2.08. The maximum absolute atomic E-state index is 14.1. The maximum atomic E-state index is 14.1. The fourth-order valence-electron chi connectivity index (χ4n) is 1.54. The molecule has 23 heavy (non-hydrogen) atoms. The first-order valence-corrected chi connectivity index (χ1v) is 7.70. The Morgan fingerprint density at radius 2 is 2.17 bits per heavy atom. The summed E-state index contributed by atoms with van der Waals surface area (Å²) in [6.45, 7) is 0. The van der Waals surface area contributed by atoms with Crippen molar-refractivity contribution < 1.29 is 13.5 Å². The third-order valence-electron chi connectivity index (χ3n) is 2.51. The number of aliphatic imine (C=N–C) groups is 1. The predicted octanol–water partition coefficient (Wildman–Crippen LogP) is 4.23. The van der Waals surface area contributed by atoms with Crippen molar-refractivity contribution in [3.63, 3.8) is 0 Å². The van der Waals surface area contributed by atoms with Gasteiger partial charge in [-0.2, -0.15) is 5.26 Å². The molecule has 2 aromatic rings. The number of halogens is 3. The molecule has 0 aliphatic carbocycles. The van der Waals surface area contributed by atoms with E-state index < -0.39 is 11.6 Å². The first-order chi connectivity index (χ1) is 11.0. The van der Waals surface area contributed by atoms with Gasteiger partial charge in [-0.15, -0.1) is 0 Å². The highest BCUT2D eigenvalue weighted by molar-refractivity contribution is 8.13. The number of benzene rings is 1. The molecule has 0 saturated heterocycles. The third kappa shape index (κ3) is 4.55. The number of ether oxygens (including phenoxy) is 1. The van der Waals surface area contributed by atoms with Gasteiger partial charge in [0.1, 0.15) is 16.6 Å². The highest BCUT2D eigenvalue weighted by Gasteiger charge is 2.13. The zero-order valence-electron chi connectivity index (χ0n) is 11.7. The minimum Gasteiger partial charge on any atom is -0.454 e. The number of aromatic nitrogens is 1. The summed E-state index contributed by atoms with van der Waals surface area (Å²) in [4.78, 5) is 7.59. The Bertz CT molecular complexity index is 795. The predicted molar refractivity (Wildman–Crippen MR) is 85.0 cm³/mol. The van der Waals surface area contributed by atoms with E-state index in [-0.39, 0.29) is 27.5 Å². The van der Waals surface area contributed by atoms with Crippen LogP contribution in [0.15, 0.2) is 35.5 Å². The third-order valence-corrected chi connectivity index (χ3v) is 3.29. The standard InChI is InChI=1S/C14H9ClF2N4OS/c1-23-14(20-7-18)21-11-5-10(17)12(6-9(11)16)22-8-2-3-19-13(15)4-8/h2-6H,1H3,(H,20,21). The summed E-state index contributed by atoms with van der Waals surface area (Å²) in [5.41, 5.74) is -0.255. The number of hydrogen-bond donors (Lipinski definition) is 1. The van der Waals surface area contributed by atoms with Gasteiger partial charge in [0.05, 0.1) is 0 Å². The molecule has 1 heterocycles. The van der Waals surface area contributed by atoms with Crippen molar-refractivity contribution in [3.05, 3.63) is 47.2 Å². The largest absolute Gasteiger partial charge is 0.454 e. The van der Waals surface area contributed by atoms with E-state index in [2.05, 4.69) is 15.3 Å². The Hall–Kier alpha value is -2.37. The van der Waals surface area contributed by atoms with E-state index in [1.807, 2.05) is 0 Å². The lowest BCUT2D eigenvalue weighted by atomic mass is 10.2. The first kappa shape index (κ1) is 17.0. The molecule has 0 spiro atoms. The number of rotatable bonds is 3. The molecule has 0 saturated carbocycles. The van der Waals surface area contributed by atoms with Gasteiger partial charge >= 0.3 is 0 Å². The molecule has 0 amide bonds. The highest BCUT2D eigenvalue weighted by Crippen LogP contribution is 2.31. The molecule has 1 N–H and O–H groups in total. The van der Waals surface area contributed by atoms with Crippen LogP contribution in [-0.4, -0.2) is 16.4 Å². The van der Waals surface area contributed by atoms with Crippen LogP contribution in [0.3, 0.4) is 0 Å². The summed E-state index contributed by atoms with van der Waals surface area (Å²) in [5.74, 6) is -1.71. The molecule has 0 unspecified atom stereocenters. The van der Waals surface area contributed by atoms with Crippen molar-refractivity contribution in [2.75, 3.05) is 6.26 Å². The van der Waals surface area contributed by atoms with Gasteiger partial charge in [0.2, 0.25) is 0 Å². The molecule has 1 aromatic carbocycles. The van der Waals surface area contributed by atoms with Crippen molar-refractivity contribution in [1.29, 1.82) is 5.26 Å². The molecule has 9 heteroatoms. The summed E-state index contributed by atoms with van der Waals surface area (Å²) >= 11 is 6.78. The molecule has 0 aliphatic heterocycles. The molecule has 0 aliphatic rings. The van der Waals surface area contributed by atoms with Crippen LogP contribution in [0.5, 0.6) is 11.5 Å². The van der Waals surface area contributed by atoms with E-state index in [0.717, 1.165) is 23.9 Å². The van der Waals surface area contributed by atoms with E-state index in [1.165, 1.54) is 18.3 Å². The molecule has 0 fully saturated rings. The number of amidine groups is 1. The number of thioether (sulfide) groups is 1. The molecule has 0 atom stereocenters. The van der Waals surface area contributed by atoms with Crippen molar-refractivity contribution >= 4 is 34.2 Å². The summed E-state index contributed by atoms with van der Waals surface area (Å²) in [6.07, 6.45) is 4.68. The summed E-state index contributed by atoms with van der Waals surface area (Å²) in [5, 5.41) is 11.1. The van der Waals surface area contributed by atoms with Crippen LogP contribution in [0.2, 0.25) is 5.15 Å². The van der Waals surface area contributed by atoms with Gasteiger partial charge < -0.3 is 4.74 Å². The smallest absolute Gasteiger partial charge is 0.183 e. The fourth-order valence-corrected chi connectivity index (χ4v) is 2.04. The van der Waals surface area contributed by atoms with Crippen LogP contribution < -0.4 is 10.1 Å². The van der Waals surface area contributed by atoms with Gasteiger partial charge in [-0.25, -0.2) is 18.8 Å². The minimum atomic E-state index is -0.810. The number of nitrogens with one attached hydrogen (secondary N) is 1. The van der Waals surface area contributed by atoms with E-state index in [1.54, 1.807) is 12.4 Å². The average Bonchev–Trinajstić information content (AvgIpc) is 2.51. The van der Waals surface area contributed by atoms with Gasteiger partial charge in [-0.1, -0.05) is 23.4 Å². The second kappa shape index (κ2) is 7.76.